The number of aromatic nitrogens is 4. The molecule has 1 rings (SSSR count). The molecule has 0 bridgehead atoms. The molecule has 1 amide bonds. The minimum absolute atomic E-state index is 0.118. The van der Waals surface area contributed by atoms with Crippen LogP contribution in [0.3, 0.4) is 0 Å². The summed E-state index contributed by atoms with van der Waals surface area (Å²) in [6.07, 6.45) is 1.74. The van der Waals surface area contributed by atoms with Gasteiger partial charge in [0.1, 0.15) is 0 Å². The molecule has 2 N–H and O–H groups in total. The van der Waals surface area contributed by atoms with Crippen LogP contribution >= 0.6 is 0 Å². The number of aromatic amines is 1. The first kappa shape index (κ1) is 9.37. The molecule has 13 heavy (non-hydrogen) atoms. The van der Waals surface area contributed by atoms with Crippen molar-refractivity contribution in [2.45, 2.75) is 20.4 Å². The number of amides is 1. The van der Waals surface area contributed by atoms with Crippen LogP contribution in [0.15, 0.2) is 11.6 Å². The number of rotatable bonds is 3. The fourth-order valence-electron chi connectivity index (χ4n) is 0.687. The fourth-order valence-corrected chi connectivity index (χ4v) is 0.687. The molecule has 0 aromatic carbocycles. The van der Waals surface area contributed by atoms with E-state index >= 15 is 0 Å². The highest BCUT2D eigenvalue weighted by Gasteiger charge is 2.03. The summed E-state index contributed by atoms with van der Waals surface area (Å²) in [5.74, 6) is 0.351. The third kappa shape index (κ3) is 2.66. The van der Waals surface area contributed by atoms with Crippen molar-refractivity contribution in [2.75, 3.05) is 0 Å². The number of nitrogens with one attached hydrogen (secondary N) is 2. The Morgan fingerprint density at radius 1 is 1.69 bits per heavy atom. The molecule has 0 atom stereocenters. The van der Waals surface area contributed by atoms with Gasteiger partial charge < -0.3 is 5.32 Å². The van der Waals surface area contributed by atoms with Gasteiger partial charge in [-0.25, -0.2) is 0 Å². The highest BCUT2D eigenvalue weighted by Crippen LogP contribution is 1.91. The van der Waals surface area contributed by atoms with E-state index in [1.165, 1.54) is 0 Å². The normalized spacial score (nSPS) is 11.4. The van der Waals surface area contributed by atoms with Crippen molar-refractivity contribution in [1.82, 2.24) is 25.9 Å². The smallest absolute Gasteiger partial charge is 0.246 e. The molecule has 0 saturated carbocycles. The Hall–Kier alpha value is -1.72. The Labute approximate surface area is 75.4 Å². The predicted molar refractivity (Wildman–Crippen MR) is 45.5 cm³/mol. The number of carbonyl (C=O) groups excluding carboxylic acids is 1. The quantitative estimate of drug-likeness (QED) is 0.631. The lowest BCUT2D eigenvalue weighted by Crippen LogP contribution is -2.24. The molecular weight excluding hydrogens is 170 g/mol. The van der Waals surface area contributed by atoms with Crippen molar-refractivity contribution in [3.8, 4) is 0 Å². The molecular formula is C7H11N5O. The van der Waals surface area contributed by atoms with E-state index in [1.807, 2.05) is 6.92 Å². The fraction of sp³-hybridized carbons (Fsp3) is 0.429. The Kier molecular flexibility index (Phi) is 3.13. The monoisotopic (exact) mass is 181 g/mol. The van der Waals surface area contributed by atoms with Crippen molar-refractivity contribution >= 4 is 5.91 Å². The average molecular weight is 181 g/mol. The third-order valence-corrected chi connectivity index (χ3v) is 1.59. The zero-order valence-electron chi connectivity index (χ0n) is 7.53. The van der Waals surface area contributed by atoms with E-state index in [2.05, 4.69) is 25.9 Å². The van der Waals surface area contributed by atoms with E-state index in [9.17, 15) is 4.79 Å². The number of hydrogen-bond donors (Lipinski definition) is 2. The zero-order chi connectivity index (χ0) is 9.68. The Morgan fingerprint density at radius 3 is 3.00 bits per heavy atom. The van der Waals surface area contributed by atoms with Gasteiger partial charge in [-0.2, -0.15) is 5.21 Å². The minimum atomic E-state index is -0.118. The lowest BCUT2D eigenvalue weighted by molar-refractivity contribution is -0.117. The summed E-state index contributed by atoms with van der Waals surface area (Å²) in [4.78, 5) is 11.2. The Morgan fingerprint density at radius 2 is 2.46 bits per heavy atom. The van der Waals surface area contributed by atoms with Gasteiger partial charge in [-0.15, -0.1) is 10.2 Å². The van der Waals surface area contributed by atoms with Crippen LogP contribution in [0.1, 0.15) is 19.7 Å². The van der Waals surface area contributed by atoms with E-state index in [1.54, 1.807) is 13.0 Å². The maximum absolute atomic E-state index is 11.2. The summed E-state index contributed by atoms with van der Waals surface area (Å²) in [7, 11) is 0. The largest absolute Gasteiger partial charge is 0.345 e. The van der Waals surface area contributed by atoms with Crippen LogP contribution in [-0.4, -0.2) is 26.5 Å². The lowest BCUT2D eigenvalue weighted by Gasteiger charge is -2.00. The molecule has 1 heterocycles. The van der Waals surface area contributed by atoms with Crippen LogP contribution in [0.4, 0.5) is 0 Å². The molecule has 0 radical (unpaired) electrons. The van der Waals surface area contributed by atoms with Gasteiger partial charge in [-0.1, -0.05) is 11.3 Å². The number of allylic oxidation sites excluding steroid dienone is 1. The molecule has 0 fully saturated rings. The van der Waals surface area contributed by atoms with Gasteiger partial charge in [0.25, 0.3) is 0 Å². The molecule has 6 heteroatoms. The summed E-state index contributed by atoms with van der Waals surface area (Å²) in [6.45, 7) is 3.84. The first-order chi connectivity index (χ1) is 6.24. The van der Waals surface area contributed by atoms with Gasteiger partial charge in [0, 0.05) is 5.57 Å². The van der Waals surface area contributed by atoms with Gasteiger partial charge in [0.15, 0.2) is 5.82 Å². The van der Waals surface area contributed by atoms with Crippen LogP contribution in [0.25, 0.3) is 0 Å². The van der Waals surface area contributed by atoms with E-state index < -0.39 is 0 Å². The SMILES string of the molecule is C/C=C(/C)C(=O)NCc1nn[nH]n1. The van der Waals surface area contributed by atoms with Gasteiger partial charge in [0.05, 0.1) is 6.54 Å². The summed E-state index contributed by atoms with van der Waals surface area (Å²) in [6, 6.07) is 0. The molecule has 0 saturated heterocycles. The van der Waals surface area contributed by atoms with E-state index in [-0.39, 0.29) is 5.91 Å². The zero-order valence-corrected chi connectivity index (χ0v) is 7.53. The van der Waals surface area contributed by atoms with Gasteiger partial charge in [-0.05, 0) is 13.8 Å². The summed E-state index contributed by atoms with van der Waals surface area (Å²) >= 11 is 0. The van der Waals surface area contributed by atoms with Crippen molar-refractivity contribution in [3.63, 3.8) is 0 Å². The van der Waals surface area contributed by atoms with E-state index in [0.29, 0.717) is 17.9 Å². The molecule has 0 aliphatic rings. The number of hydrogen-bond acceptors (Lipinski definition) is 4. The molecule has 1 aromatic rings. The lowest BCUT2D eigenvalue weighted by atomic mass is 10.3. The minimum Gasteiger partial charge on any atom is -0.345 e. The molecule has 0 unspecified atom stereocenters. The van der Waals surface area contributed by atoms with Crippen molar-refractivity contribution in [1.29, 1.82) is 0 Å². The molecule has 1 aromatic heterocycles. The first-order valence-electron chi connectivity index (χ1n) is 3.87. The van der Waals surface area contributed by atoms with Crippen molar-refractivity contribution in [2.24, 2.45) is 0 Å². The van der Waals surface area contributed by atoms with E-state index in [0.717, 1.165) is 0 Å². The van der Waals surface area contributed by atoms with Gasteiger partial charge in [0.2, 0.25) is 5.91 Å². The van der Waals surface area contributed by atoms with Crippen molar-refractivity contribution < 1.29 is 4.79 Å². The van der Waals surface area contributed by atoms with Crippen LogP contribution in [0.5, 0.6) is 0 Å². The summed E-state index contributed by atoms with van der Waals surface area (Å²) in [5, 5.41) is 15.7. The molecule has 0 aliphatic carbocycles. The molecule has 6 nitrogen and oxygen atoms in total. The summed E-state index contributed by atoms with van der Waals surface area (Å²) < 4.78 is 0. The number of nitrogens with zero attached hydrogens (tertiary/aromatic N) is 3. The number of carbonyl (C=O) groups is 1. The third-order valence-electron chi connectivity index (χ3n) is 1.59. The van der Waals surface area contributed by atoms with E-state index in [4.69, 9.17) is 0 Å². The summed E-state index contributed by atoms with van der Waals surface area (Å²) in [5.41, 5.74) is 0.670. The second-order valence-corrected chi connectivity index (χ2v) is 2.48. The maximum atomic E-state index is 11.2. The number of H-pyrrole nitrogens is 1. The Balaban J connectivity index is 2.40. The van der Waals surface area contributed by atoms with Crippen molar-refractivity contribution in [3.05, 3.63) is 17.5 Å². The standard InChI is InChI=1S/C7H11N5O/c1-3-5(2)7(13)8-4-6-9-11-12-10-6/h3H,4H2,1-2H3,(H,8,13)(H,9,10,11,12)/b5-3-. The van der Waals surface area contributed by atoms with Gasteiger partial charge >= 0.3 is 0 Å². The average Bonchev–Trinajstić information content (AvgIpc) is 2.65. The second-order valence-electron chi connectivity index (χ2n) is 2.48. The molecule has 0 aliphatic heterocycles. The van der Waals surface area contributed by atoms with Crippen LogP contribution in [0, 0.1) is 0 Å². The molecule has 70 valence electrons. The first-order valence-corrected chi connectivity index (χ1v) is 3.87. The highest BCUT2D eigenvalue weighted by atomic mass is 16.1. The van der Waals surface area contributed by atoms with Crippen LogP contribution in [0.2, 0.25) is 0 Å². The Bertz CT molecular complexity index is 303. The second kappa shape index (κ2) is 4.34. The molecule has 0 spiro atoms. The highest BCUT2D eigenvalue weighted by molar-refractivity contribution is 5.92. The van der Waals surface area contributed by atoms with Crippen LogP contribution < -0.4 is 5.32 Å². The topological polar surface area (TPSA) is 83.6 Å². The number of tetrazole rings is 1. The predicted octanol–water partition coefficient (Wildman–Crippen LogP) is -0.218. The van der Waals surface area contributed by atoms with Crippen LogP contribution in [-0.2, 0) is 11.3 Å². The van der Waals surface area contributed by atoms with Gasteiger partial charge in [-0.3, -0.25) is 4.79 Å². The maximum Gasteiger partial charge on any atom is 0.246 e.